The highest BCUT2D eigenvalue weighted by Crippen LogP contribution is 2.06. The second-order valence-electron chi connectivity index (χ2n) is 4.87. The van der Waals surface area contributed by atoms with E-state index in [9.17, 15) is 0 Å². The van der Waals surface area contributed by atoms with E-state index in [1.54, 1.807) is 0 Å². The van der Waals surface area contributed by atoms with E-state index in [0.29, 0.717) is 6.04 Å². The van der Waals surface area contributed by atoms with Gasteiger partial charge in [-0.05, 0) is 18.5 Å². The van der Waals surface area contributed by atoms with Crippen molar-refractivity contribution in [1.82, 2.24) is 10.2 Å². The molecule has 0 radical (unpaired) electrons. The summed E-state index contributed by atoms with van der Waals surface area (Å²) in [6.45, 7) is 8.23. The zero-order chi connectivity index (χ0) is 12.6. The van der Waals surface area contributed by atoms with Gasteiger partial charge in [0.1, 0.15) is 0 Å². The molecule has 0 aromatic heterocycles. The van der Waals surface area contributed by atoms with E-state index in [1.807, 2.05) is 0 Å². The summed E-state index contributed by atoms with van der Waals surface area (Å²) in [5, 5.41) is 3.51. The van der Waals surface area contributed by atoms with E-state index in [2.05, 4.69) is 47.5 Å². The third kappa shape index (κ3) is 4.41. The van der Waals surface area contributed by atoms with Crippen LogP contribution >= 0.6 is 0 Å². The van der Waals surface area contributed by atoms with Crippen molar-refractivity contribution in [3.8, 4) is 0 Å². The molecule has 0 amide bonds. The average Bonchev–Trinajstić information content (AvgIpc) is 2.45. The first-order valence-corrected chi connectivity index (χ1v) is 6.96. The van der Waals surface area contributed by atoms with Gasteiger partial charge < -0.3 is 10.1 Å². The number of rotatable bonds is 6. The number of hydrogen-bond acceptors (Lipinski definition) is 3. The van der Waals surface area contributed by atoms with Crippen molar-refractivity contribution >= 4 is 0 Å². The third-order valence-electron chi connectivity index (χ3n) is 3.49. The Balaban J connectivity index is 1.75. The normalized spacial score (nSPS) is 20.2. The molecule has 1 N–H and O–H groups in total. The summed E-state index contributed by atoms with van der Waals surface area (Å²) in [5.74, 6) is 0. The predicted octanol–water partition coefficient (Wildman–Crippen LogP) is 1.89. The number of morpholine rings is 1. The zero-order valence-corrected chi connectivity index (χ0v) is 11.3. The molecule has 1 unspecified atom stereocenters. The quantitative estimate of drug-likeness (QED) is 0.832. The van der Waals surface area contributed by atoms with Gasteiger partial charge in [-0.15, -0.1) is 0 Å². The molecule has 1 heterocycles. The van der Waals surface area contributed by atoms with Crippen LogP contribution < -0.4 is 5.32 Å². The van der Waals surface area contributed by atoms with Gasteiger partial charge in [0, 0.05) is 25.7 Å². The molecule has 100 valence electrons. The maximum absolute atomic E-state index is 5.49. The second-order valence-corrected chi connectivity index (χ2v) is 4.87. The van der Waals surface area contributed by atoms with E-state index < -0.39 is 0 Å². The molecule has 1 aromatic rings. The summed E-state index contributed by atoms with van der Waals surface area (Å²) in [6.07, 6.45) is 1.17. The fourth-order valence-corrected chi connectivity index (χ4v) is 2.33. The van der Waals surface area contributed by atoms with Crippen molar-refractivity contribution in [2.45, 2.75) is 25.9 Å². The lowest BCUT2D eigenvalue weighted by atomic mass is 10.1. The first-order chi connectivity index (χ1) is 8.88. The largest absolute Gasteiger partial charge is 0.379 e. The van der Waals surface area contributed by atoms with Gasteiger partial charge in [-0.25, -0.2) is 0 Å². The van der Waals surface area contributed by atoms with Crippen LogP contribution in [-0.4, -0.2) is 43.8 Å². The molecule has 1 atom stereocenters. The Morgan fingerprint density at radius 2 is 2.17 bits per heavy atom. The molecular weight excluding hydrogens is 224 g/mol. The Kier molecular flexibility index (Phi) is 5.65. The Labute approximate surface area is 110 Å². The van der Waals surface area contributed by atoms with Crippen LogP contribution in [-0.2, 0) is 11.3 Å². The van der Waals surface area contributed by atoms with Gasteiger partial charge in [-0.2, -0.15) is 0 Å². The third-order valence-corrected chi connectivity index (χ3v) is 3.49. The minimum Gasteiger partial charge on any atom is -0.379 e. The predicted molar refractivity (Wildman–Crippen MR) is 74.6 cm³/mol. The molecule has 0 aliphatic carbocycles. The van der Waals surface area contributed by atoms with Gasteiger partial charge in [0.05, 0.1) is 13.2 Å². The minimum atomic E-state index is 0.531. The standard InChI is InChI=1S/C15H24N2O/c1-2-17(12-14-6-4-3-5-7-14)10-8-15-13-18-11-9-16-15/h3-7,15-16H,2,8-13H2,1H3. The molecular formula is C15H24N2O. The lowest BCUT2D eigenvalue weighted by Gasteiger charge is -2.27. The van der Waals surface area contributed by atoms with Crippen molar-refractivity contribution < 1.29 is 4.74 Å². The van der Waals surface area contributed by atoms with Gasteiger partial charge in [0.2, 0.25) is 0 Å². The summed E-state index contributed by atoms with van der Waals surface area (Å²) >= 11 is 0. The highest BCUT2D eigenvalue weighted by atomic mass is 16.5. The molecule has 3 heteroatoms. The molecule has 1 aromatic carbocycles. The molecule has 1 aliphatic heterocycles. The first-order valence-electron chi connectivity index (χ1n) is 6.96. The van der Waals surface area contributed by atoms with Crippen molar-refractivity contribution in [3.05, 3.63) is 35.9 Å². The average molecular weight is 248 g/mol. The Hall–Kier alpha value is -0.900. The summed E-state index contributed by atoms with van der Waals surface area (Å²) in [4.78, 5) is 2.49. The maximum atomic E-state index is 5.49. The smallest absolute Gasteiger partial charge is 0.0620 e. The van der Waals surface area contributed by atoms with Gasteiger partial charge >= 0.3 is 0 Å². The summed E-state index contributed by atoms with van der Waals surface area (Å²) in [6, 6.07) is 11.2. The fraction of sp³-hybridized carbons (Fsp3) is 0.600. The lowest BCUT2D eigenvalue weighted by molar-refractivity contribution is 0.0698. The van der Waals surface area contributed by atoms with Gasteiger partial charge in [0.25, 0.3) is 0 Å². The Morgan fingerprint density at radius 1 is 1.33 bits per heavy atom. The minimum absolute atomic E-state index is 0.531. The molecule has 2 rings (SSSR count). The molecule has 1 aliphatic rings. The van der Waals surface area contributed by atoms with Crippen LogP contribution in [0.2, 0.25) is 0 Å². The van der Waals surface area contributed by atoms with E-state index in [4.69, 9.17) is 4.74 Å². The summed E-state index contributed by atoms with van der Waals surface area (Å²) in [5.41, 5.74) is 1.40. The van der Waals surface area contributed by atoms with E-state index >= 15 is 0 Å². The number of hydrogen-bond donors (Lipinski definition) is 1. The highest BCUT2D eigenvalue weighted by Gasteiger charge is 2.14. The molecule has 3 nitrogen and oxygen atoms in total. The molecule has 1 fully saturated rings. The number of nitrogens with one attached hydrogen (secondary N) is 1. The molecule has 0 saturated carbocycles. The van der Waals surface area contributed by atoms with Gasteiger partial charge in [0.15, 0.2) is 0 Å². The monoisotopic (exact) mass is 248 g/mol. The van der Waals surface area contributed by atoms with Crippen LogP contribution in [0.1, 0.15) is 18.9 Å². The maximum Gasteiger partial charge on any atom is 0.0620 e. The molecule has 0 bridgehead atoms. The number of ether oxygens (including phenoxy) is 1. The summed E-state index contributed by atoms with van der Waals surface area (Å²) < 4.78 is 5.49. The van der Waals surface area contributed by atoms with Crippen LogP contribution in [0.3, 0.4) is 0 Å². The van der Waals surface area contributed by atoms with Crippen molar-refractivity contribution in [2.24, 2.45) is 0 Å². The van der Waals surface area contributed by atoms with Crippen LogP contribution in [0.5, 0.6) is 0 Å². The Morgan fingerprint density at radius 3 is 2.83 bits per heavy atom. The second kappa shape index (κ2) is 7.52. The molecule has 18 heavy (non-hydrogen) atoms. The topological polar surface area (TPSA) is 24.5 Å². The first kappa shape index (κ1) is 13.5. The van der Waals surface area contributed by atoms with Gasteiger partial charge in [-0.1, -0.05) is 37.3 Å². The van der Waals surface area contributed by atoms with Crippen molar-refractivity contribution in [1.29, 1.82) is 0 Å². The van der Waals surface area contributed by atoms with Crippen LogP contribution in [0.4, 0.5) is 0 Å². The molecule has 0 spiro atoms. The van der Waals surface area contributed by atoms with Crippen LogP contribution in [0.15, 0.2) is 30.3 Å². The lowest BCUT2D eigenvalue weighted by Crippen LogP contribution is -2.43. The van der Waals surface area contributed by atoms with Crippen molar-refractivity contribution in [3.63, 3.8) is 0 Å². The van der Waals surface area contributed by atoms with Crippen LogP contribution in [0.25, 0.3) is 0 Å². The number of nitrogens with zero attached hydrogens (tertiary/aromatic N) is 1. The van der Waals surface area contributed by atoms with Gasteiger partial charge in [-0.3, -0.25) is 4.90 Å². The summed E-state index contributed by atoms with van der Waals surface area (Å²) in [7, 11) is 0. The van der Waals surface area contributed by atoms with E-state index in [-0.39, 0.29) is 0 Å². The number of benzene rings is 1. The molecule has 1 saturated heterocycles. The Bertz CT molecular complexity index is 323. The van der Waals surface area contributed by atoms with Crippen molar-refractivity contribution in [2.75, 3.05) is 32.8 Å². The SMILES string of the molecule is CCN(CCC1COCCN1)Cc1ccccc1. The van der Waals surface area contributed by atoms with Crippen LogP contribution in [0, 0.1) is 0 Å². The highest BCUT2D eigenvalue weighted by molar-refractivity contribution is 5.14. The zero-order valence-electron chi connectivity index (χ0n) is 11.3. The fourth-order valence-electron chi connectivity index (χ4n) is 2.33. The van der Waals surface area contributed by atoms with E-state index in [0.717, 1.165) is 39.4 Å². The van der Waals surface area contributed by atoms with E-state index in [1.165, 1.54) is 12.0 Å².